The van der Waals surface area contributed by atoms with Crippen molar-refractivity contribution in [2.75, 3.05) is 13.1 Å². The standard InChI is InChI=1S/C14H30N2O2/c1-10(2)5-12(8-15)7-14(18)16-9-13(17)6-11(3)4/h10-13,17H,5-9,15H2,1-4H3,(H,16,18)/t12-,13?/m0/s1. The molecule has 0 aliphatic rings. The van der Waals surface area contributed by atoms with E-state index in [4.69, 9.17) is 5.73 Å². The Labute approximate surface area is 111 Å². The van der Waals surface area contributed by atoms with E-state index in [1.807, 2.05) is 0 Å². The highest BCUT2D eigenvalue weighted by molar-refractivity contribution is 5.76. The summed E-state index contributed by atoms with van der Waals surface area (Å²) in [5.74, 6) is 1.23. The van der Waals surface area contributed by atoms with Crippen molar-refractivity contribution < 1.29 is 9.90 Å². The molecule has 0 aliphatic carbocycles. The fourth-order valence-corrected chi connectivity index (χ4v) is 2.12. The van der Waals surface area contributed by atoms with E-state index < -0.39 is 6.10 Å². The highest BCUT2D eigenvalue weighted by Crippen LogP contribution is 2.14. The zero-order chi connectivity index (χ0) is 14.1. The van der Waals surface area contributed by atoms with Gasteiger partial charge in [0.05, 0.1) is 6.10 Å². The Kier molecular flexibility index (Phi) is 9.02. The molecular formula is C14H30N2O2. The van der Waals surface area contributed by atoms with Crippen LogP contribution in [0.2, 0.25) is 0 Å². The van der Waals surface area contributed by atoms with Gasteiger partial charge in [-0.15, -0.1) is 0 Å². The molecule has 0 aliphatic heterocycles. The average Bonchev–Trinajstić information content (AvgIpc) is 2.24. The number of hydrogen-bond donors (Lipinski definition) is 3. The zero-order valence-electron chi connectivity index (χ0n) is 12.3. The molecule has 0 heterocycles. The number of nitrogens with one attached hydrogen (secondary N) is 1. The van der Waals surface area contributed by atoms with E-state index in [1.54, 1.807) is 0 Å². The first kappa shape index (κ1) is 17.4. The van der Waals surface area contributed by atoms with Crippen LogP contribution < -0.4 is 11.1 Å². The van der Waals surface area contributed by atoms with E-state index in [9.17, 15) is 9.90 Å². The Hall–Kier alpha value is -0.610. The van der Waals surface area contributed by atoms with Crippen molar-refractivity contribution in [1.29, 1.82) is 0 Å². The molecule has 0 bridgehead atoms. The van der Waals surface area contributed by atoms with Crippen LogP contribution in [0.5, 0.6) is 0 Å². The van der Waals surface area contributed by atoms with Crippen LogP contribution in [0.25, 0.3) is 0 Å². The summed E-state index contributed by atoms with van der Waals surface area (Å²) in [6.45, 7) is 9.26. The minimum Gasteiger partial charge on any atom is -0.391 e. The van der Waals surface area contributed by atoms with E-state index in [0.717, 1.165) is 6.42 Å². The fraction of sp³-hybridized carbons (Fsp3) is 0.929. The van der Waals surface area contributed by atoms with Gasteiger partial charge in [0, 0.05) is 13.0 Å². The molecule has 4 N–H and O–H groups in total. The molecule has 0 aromatic carbocycles. The van der Waals surface area contributed by atoms with Gasteiger partial charge < -0.3 is 16.2 Å². The fourth-order valence-electron chi connectivity index (χ4n) is 2.12. The summed E-state index contributed by atoms with van der Waals surface area (Å²) in [5, 5.41) is 12.4. The largest absolute Gasteiger partial charge is 0.391 e. The monoisotopic (exact) mass is 258 g/mol. The third kappa shape index (κ3) is 9.42. The van der Waals surface area contributed by atoms with Crippen molar-refractivity contribution in [1.82, 2.24) is 5.32 Å². The second kappa shape index (κ2) is 9.34. The lowest BCUT2D eigenvalue weighted by Crippen LogP contribution is -2.35. The van der Waals surface area contributed by atoms with Crippen LogP contribution in [0, 0.1) is 17.8 Å². The molecule has 18 heavy (non-hydrogen) atoms. The second-order valence-corrected chi connectivity index (χ2v) is 6.02. The molecule has 0 rings (SSSR count). The maximum atomic E-state index is 11.7. The van der Waals surface area contributed by atoms with Crippen molar-refractivity contribution in [2.24, 2.45) is 23.5 Å². The van der Waals surface area contributed by atoms with Gasteiger partial charge in [-0.25, -0.2) is 0 Å². The summed E-state index contributed by atoms with van der Waals surface area (Å²) >= 11 is 0. The molecule has 1 amide bonds. The third-order valence-corrected chi connectivity index (χ3v) is 2.89. The molecule has 0 radical (unpaired) electrons. The molecule has 108 valence electrons. The number of hydrogen-bond acceptors (Lipinski definition) is 3. The van der Waals surface area contributed by atoms with Crippen LogP contribution >= 0.6 is 0 Å². The minimum atomic E-state index is -0.449. The molecule has 2 atom stereocenters. The average molecular weight is 258 g/mol. The highest BCUT2D eigenvalue weighted by atomic mass is 16.3. The molecule has 4 nitrogen and oxygen atoms in total. The lowest BCUT2D eigenvalue weighted by atomic mass is 9.94. The zero-order valence-corrected chi connectivity index (χ0v) is 12.3. The van der Waals surface area contributed by atoms with Crippen molar-refractivity contribution >= 4 is 5.91 Å². The summed E-state index contributed by atoms with van der Waals surface area (Å²) in [6, 6.07) is 0. The van der Waals surface area contributed by atoms with Crippen molar-refractivity contribution in [3.63, 3.8) is 0 Å². The van der Waals surface area contributed by atoms with Crippen molar-refractivity contribution in [3.8, 4) is 0 Å². The first-order valence-corrected chi connectivity index (χ1v) is 6.99. The maximum absolute atomic E-state index is 11.7. The van der Waals surface area contributed by atoms with Crippen LogP contribution in [-0.2, 0) is 4.79 Å². The van der Waals surface area contributed by atoms with Crippen molar-refractivity contribution in [2.45, 2.75) is 53.1 Å². The minimum absolute atomic E-state index is 0.00564. The molecule has 0 saturated heterocycles. The highest BCUT2D eigenvalue weighted by Gasteiger charge is 2.15. The van der Waals surface area contributed by atoms with E-state index in [0.29, 0.717) is 37.8 Å². The molecule has 1 unspecified atom stereocenters. The molecule has 0 aromatic rings. The Morgan fingerprint density at radius 2 is 1.72 bits per heavy atom. The van der Waals surface area contributed by atoms with E-state index in [2.05, 4.69) is 33.0 Å². The third-order valence-electron chi connectivity index (χ3n) is 2.89. The van der Waals surface area contributed by atoms with Crippen LogP contribution in [0.1, 0.15) is 47.0 Å². The Bertz CT molecular complexity index is 230. The number of aliphatic hydroxyl groups excluding tert-OH is 1. The van der Waals surface area contributed by atoms with Gasteiger partial charge >= 0.3 is 0 Å². The first-order valence-electron chi connectivity index (χ1n) is 6.99. The number of amides is 1. The van der Waals surface area contributed by atoms with Gasteiger partial charge in [0.1, 0.15) is 0 Å². The van der Waals surface area contributed by atoms with E-state index in [-0.39, 0.29) is 11.8 Å². The molecule has 0 fully saturated rings. The summed E-state index contributed by atoms with van der Waals surface area (Å²) in [7, 11) is 0. The molecule has 0 aromatic heterocycles. The molecular weight excluding hydrogens is 228 g/mol. The predicted molar refractivity (Wildman–Crippen MR) is 75.1 cm³/mol. The van der Waals surface area contributed by atoms with Crippen molar-refractivity contribution in [3.05, 3.63) is 0 Å². The smallest absolute Gasteiger partial charge is 0.220 e. The number of carbonyl (C=O) groups is 1. The molecule has 4 heteroatoms. The lowest BCUT2D eigenvalue weighted by Gasteiger charge is -2.18. The SMILES string of the molecule is CC(C)CC(O)CNC(=O)C[C@@H](CN)CC(C)C. The van der Waals surface area contributed by atoms with E-state index >= 15 is 0 Å². The Morgan fingerprint density at radius 1 is 1.17 bits per heavy atom. The summed E-state index contributed by atoms with van der Waals surface area (Å²) in [6.07, 6.45) is 1.70. The van der Waals surface area contributed by atoms with Gasteiger partial charge in [-0.05, 0) is 37.1 Å². The summed E-state index contributed by atoms with van der Waals surface area (Å²) in [4.78, 5) is 11.7. The van der Waals surface area contributed by atoms with Gasteiger partial charge in [0.2, 0.25) is 5.91 Å². The second-order valence-electron chi connectivity index (χ2n) is 6.02. The quantitative estimate of drug-likeness (QED) is 0.587. The van der Waals surface area contributed by atoms with Gasteiger partial charge in [-0.1, -0.05) is 27.7 Å². The number of nitrogens with two attached hydrogens (primary N) is 1. The normalized spacial score (nSPS) is 14.9. The summed E-state index contributed by atoms with van der Waals surface area (Å²) < 4.78 is 0. The van der Waals surface area contributed by atoms with Crippen LogP contribution in [0.3, 0.4) is 0 Å². The molecule has 0 saturated carbocycles. The lowest BCUT2D eigenvalue weighted by molar-refractivity contribution is -0.122. The van der Waals surface area contributed by atoms with Gasteiger partial charge in [0.25, 0.3) is 0 Å². The van der Waals surface area contributed by atoms with Crippen LogP contribution in [-0.4, -0.2) is 30.2 Å². The van der Waals surface area contributed by atoms with Crippen LogP contribution in [0.15, 0.2) is 0 Å². The number of aliphatic hydroxyl groups is 1. The maximum Gasteiger partial charge on any atom is 0.220 e. The Balaban J connectivity index is 3.87. The van der Waals surface area contributed by atoms with Gasteiger partial charge in [0.15, 0.2) is 0 Å². The topological polar surface area (TPSA) is 75.3 Å². The first-order chi connectivity index (χ1) is 8.35. The summed E-state index contributed by atoms with van der Waals surface area (Å²) in [5.41, 5.74) is 5.66. The number of carbonyl (C=O) groups excluding carboxylic acids is 1. The van der Waals surface area contributed by atoms with E-state index in [1.165, 1.54) is 0 Å². The van der Waals surface area contributed by atoms with Crippen LogP contribution in [0.4, 0.5) is 0 Å². The van der Waals surface area contributed by atoms with Gasteiger partial charge in [-0.2, -0.15) is 0 Å². The molecule has 0 spiro atoms. The predicted octanol–water partition coefficient (Wildman–Crippen LogP) is 1.52. The Morgan fingerprint density at radius 3 is 2.17 bits per heavy atom. The number of rotatable bonds is 9. The van der Waals surface area contributed by atoms with Gasteiger partial charge in [-0.3, -0.25) is 4.79 Å².